The number of ether oxygens (including phenoxy) is 1. The summed E-state index contributed by atoms with van der Waals surface area (Å²) >= 11 is 11.0. The third-order valence-electron chi connectivity index (χ3n) is 2.99. The lowest BCUT2D eigenvalue weighted by Crippen LogP contribution is -2.53. The molecule has 1 atom stereocenters. The Kier molecular flexibility index (Phi) is 4.24. The minimum Gasteiger partial charge on any atom is -0.389 e. The number of anilines is 1. The van der Waals surface area contributed by atoms with Gasteiger partial charge in [0.05, 0.1) is 13.2 Å². The largest absolute Gasteiger partial charge is 0.389 e. The lowest BCUT2D eigenvalue weighted by molar-refractivity contribution is -0.121. The number of morpholine rings is 1. The predicted molar refractivity (Wildman–Crippen MR) is 78.5 cm³/mol. The average molecular weight is 300 g/mol. The van der Waals surface area contributed by atoms with Gasteiger partial charge in [-0.3, -0.25) is 4.79 Å². The van der Waals surface area contributed by atoms with Crippen molar-refractivity contribution in [1.29, 1.82) is 0 Å². The summed E-state index contributed by atoms with van der Waals surface area (Å²) in [5, 5.41) is 0.537. The van der Waals surface area contributed by atoms with Gasteiger partial charge in [0, 0.05) is 22.8 Å². The number of benzene rings is 1. The number of carbonyl (C=O) groups is 1. The zero-order chi connectivity index (χ0) is 14.0. The molecular weight excluding hydrogens is 286 g/mol. The summed E-state index contributed by atoms with van der Waals surface area (Å²) in [6.45, 7) is 1.32. The van der Waals surface area contributed by atoms with Crippen LogP contribution in [0.4, 0.5) is 5.69 Å². The Bertz CT molecular complexity index is 524. The molecular formula is C12H14ClN3O2S. The summed E-state index contributed by atoms with van der Waals surface area (Å²) in [4.78, 5) is 13.6. The van der Waals surface area contributed by atoms with Crippen molar-refractivity contribution in [2.75, 3.05) is 24.7 Å². The Labute approximate surface area is 121 Å². The number of nitrogens with two attached hydrogens (primary N) is 2. The molecule has 1 aromatic carbocycles. The summed E-state index contributed by atoms with van der Waals surface area (Å²) in [6, 6.07) is 4.68. The first kappa shape index (κ1) is 14.0. The van der Waals surface area contributed by atoms with E-state index < -0.39 is 11.9 Å². The molecule has 1 fully saturated rings. The van der Waals surface area contributed by atoms with E-state index in [0.29, 0.717) is 23.7 Å². The molecule has 1 aliphatic heterocycles. The molecule has 0 radical (unpaired) electrons. The van der Waals surface area contributed by atoms with Crippen molar-refractivity contribution in [1.82, 2.24) is 0 Å². The predicted octanol–water partition coefficient (Wildman–Crippen LogP) is 0.665. The van der Waals surface area contributed by atoms with E-state index in [0.717, 1.165) is 5.69 Å². The second-order valence-electron chi connectivity index (χ2n) is 4.21. The highest BCUT2D eigenvalue weighted by Crippen LogP contribution is 2.27. The van der Waals surface area contributed by atoms with Crippen LogP contribution in [-0.2, 0) is 9.53 Å². The van der Waals surface area contributed by atoms with Gasteiger partial charge in [-0.25, -0.2) is 0 Å². The Hall–Kier alpha value is -1.37. The maximum atomic E-state index is 11.5. The van der Waals surface area contributed by atoms with Gasteiger partial charge in [0.2, 0.25) is 5.91 Å². The van der Waals surface area contributed by atoms with E-state index in [1.54, 1.807) is 18.2 Å². The highest BCUT2D eigenvalue weighted by Gasteiger charge is 2.29. The second kappa shape index (κ2) is 5.73. The van der Waals surface area contributed by atoms with E-state index in [-0.39, 0.29) is 11.6 Å². The van der Waals surface area contributed by atoms with Crippen LogP contribution in [0.5, 0.6) is 0 Å². The highest BCUT2D eigenvalue weighted by atomic mass is 35.5. The molecule has 1 aliphatic rings. The number of rotatable bonds is 3. The Morgan fingerprint density at radius 1 is 1.47 bits per heavy atom. The number of halogens is 1. The minimum absolute atomic E-state index is 0.229. The monoisotopic (exact) mass is 299 g/mol. The van der Waals surface area contributed by atoms with Crippen LogP contribution in [-0.4, -0.2) is 36.7 Å². The molecule has 0 bridgehead atoms. The molecule has 19 heavy (non-hydrogen) atoms. The number of thiocarbonyl (C=S) groups is 1. The Morgan fingerprint density at radius 2 is 2.21 bits per heavy atom. The van der Waals surface area contributed by atoms with Gasteiger partial charge in [0.25, 0.3) is 0 Å². The molecule has 1 aromatic rings. The maximum Gasteiger partial charge on any atom is 0.242 e. The molecule has 0 aliphatic carbocycles. The number of hydrogen-bond acceptors (Lipinski definition) is 4. The van der Waals surface area contributed by atoms with Crippen LogP contribution >= 0.6 is 23.8 Å². The average Bonchev–Trinajstić information content (AvgIpc) is 2.38. The zero-order valence-corrected chi connectivity index (χ0v) is 11.7. The van der Waals surface area contributed by atoms with E-state index in [2.05, 4.69) is 0 Å². The van der Waals surface area contributed by atoms with Crippen LogP contribution < -0.4 is 16.4 Å². The van der Waals surface area contributed by atoms with Crippen LogP contribution in [0.1, 0.15) is 5.56 Å². The van der Waals surface area contributed by atoms with Crippen molar-refractivity contribution in [3.05, 3.63) is 28.8 Å². The van der Waals surface area contributed by atoms with Crippen LogP contribution in [0.15, 0.2) is 18.2 Å². The fraction of sp³-hybridized carbons (Fsp3) is 0.333. The molecule has 0 saturated carbocycles. The lowest BCUT2D eigenvalue weighted by atomic mass is 10.1. The van der Waals surface area contributed by atoms with Gasteiger partial charge in [-0.15, -0.1) is 0 Å². The smallest absolute Gasteiger partial charge is 0.242 e. The third-order valence-corrected chi connectivity index (χ3v) is 3.45. The van der Waals surface area contributed by atoms with Crippen molar-refractivity contribution in [2.45, 2.75) is 6.04 Å². The van der Waals surface area contributed by atoms with E-state index in [4.69, 9.17) is 40.0 Å². The Morgan fingerprint density at radius 3 is 2.84 bits per heavy atom. The molecule has 102 valence electrons. The SMILES string of the molecule is NC(=O)C1COCCN1c1ccc(Cl)cc1C(N)=S. The van der Waals surface area contributed by atoms with E-state index in [9.17, 15) is 4.79 Å². The van der Waals surface area contributed by atoms with Crippen molar-refractivity contribution in [2.24, 2.45) is 11.5 Å². The van der Waals surface area contributed by atoms with Crippen molar-refractivity contribution in [3.63, 3.8) is 0 Å². The summed E-state index contributed by atoms with van der Waals surface area (Å²) in [7, 11) is 0. The van der Waals surface area contributed by atoms with Gasteiger partial charge in [-0.1, -0.05) is 23.8 Å². The molecule has 4 N–H and O–H groups in total. The van der Waals surface area contributed by atoms with Gasteiger partial charge < -0.3 is 21.1 Å². The molecule has 1 unspecified atom stereocenters. The molecule has 1 heterocycles. The summed E-state index contributed by atoms with van der Waals surface area (Å²) in [5.74, 6) is -0.441. The Balaban J connectivity index is 2.44. The van der Waals surface area contributed by atoms with E-state index >= 15 is 0 Å². The normalized spacial score (nSPS) is 19.2. The molecule has 0 aromatic heterocycles. The molecule has 1 saturated heterocycles. The van der Waals surface area contributed by atoms with Crippen LogP contribution in [0, 0.1) is 0 Å². The second-order valence-corrected chi connectivity index (χ2v) is 5.09. The van der Waals surface area contributed by atoms with Gasteiger partial charge in [-0.05, 0) is 18.2 Å². The molecule has 5 nitrogen and oxygen atoms in total. The summed E-state index contributed by atoms with van der Waals surface area (Å²) < 4.78 is 5.29. The van der Waals surface area contributed by atoms with E-state index in [1.807, 2.05) is 4.90 Å². The fourth-order valence-electron chi connectivity index (χ4n) is 2.08. The number of carbonyl (C=O) groups excluding carboxylic acids is 1. The highest BCUT2D eigenvalue weighted by molar-refractivity contribution is 7.80. The van der Waals surface area contributed by atoms with Gasteiger partial charge >= 0.3 is 0 Å². The maximum absolute atomic E-state index is 11.5. The summed E-state index contributed by atoms with van der Waals surface area (Å²) in [5.41, 5.74) is 12.5. The van der Waals surface area contributed by atoms with Crippen molar-refractivity contribution < 1.29 is 9.53 Å². The first-order valence-corrected chi connectivity index (χ1v) is 6.52. The number of nitrogens with zero attached hydrogens (tertiary/aromatic N) is 1. The molecule has 0 spiro atoms. The first-order valence-electron chi connectivity index (χ1n) is 5.73. The van der Waals surface area contributed by atoms with Crippen molar-refractivity contribution >= 4 is 40.4 Å². The van der Waals surface area contributed by atoms with E-state index in [1.165, 1.54) is 0 Å². The zero-order valence-electron chi connectivity index (χ0n) is 10.1. The van der Waals surface area contributed by atoms with Crippen molar-refractivity contribution in [3.8, 4) is 0 Å². The fourth-order valence-corrected chi connectivity index (χ4v) is 2.42. The quantitative estimate of drug-likeness (QED) is 0.802. The standard InChI is InChI=1S/C12H14ClN3O2S/c13-7-1-2-9(8(5-7)12(15)19)16-3-4-18-6-10(16)11(14)17/h1-2,5,10H,3-4,6H2,(H2,14,17)(H2,15,19). The van der Waals surface area contributed by atoms with Crippen LogP contribution in [0.2, 0.25) is 5.02 Å². The number of primary amides is 1. The minimum atomic E-state index is -0.525. The molecule has 2 rings (SSSR count). The lowest BCUT2D eigenvalue weighted by Gasteiger charge is -2.36. The number of amides is 1. The van der Waals surface area contributed by atoms with Gasteiger partial charge in [0.15, 0.2) is 0 Å². The van der Waals surface area contributed by atoms with Gasteiger partial charge in [0.1, 0.15) is 11.0 Å². The van der Waals surface area contributed by atoms with Crippen LogP contribution in [0.3, 0.4) is 0 Å². The topological polar surface area (TPSA) is 81.6 Å². The van der Waals surface area contributed by atoms with Gasteiger partial charge in [-0.2, -0.15) is 0 Å². The number of hydrogen-bond donors (Lipinski definition) is 2. The molecule has 7 heteroatoms. The molecule has 1 amide bonds. The third kappa shape index (κ3) is 2.97. The van der Waals surface area contributed by atoms with Crippen LogP contribution in [0.25, 0.3) is 0 Å². The first-order chi connectivity index (χ1) is 9.00. The summed E-state index contributed by atoms with van der Waals surface area (Å²) in [6.07, 6.45) is 0.